The third-order valence-electron chi connectivity index (χ3n) is 5.33. The molecule has 2 heterocycles. The van der Waals surface area contributed by atoms with Crippen LogP contribution in [0.1, 0.15) is 36.1 Å². The summed E-state index contributed by atoms with van der Waals surface area (Å²) < 4.78 is 1.98. The lowest BCUT2D eigenvalue weighted by Gasteiger charge is -2.12. The molecule has 3 aromatic rings. The van der Waals surface area contributed by atoms with Gasteiger partial charge in [-0.2, -0.15) is 11.8 Å². The van der Waals surface area contributed by atoms with Crippen LogP contribution >= 0.6 is 35.7 Å². The second-order valence-electron chi connectivity index (χ2n) is 7.34. The molecule has 31 heavy (non-hydrogen) atoms. The summed E-state index contributed by atoms with van der Waals surface area (Å²) in [7, 11) is 1.97. The highest BCUT2D eigenvalue weighted by atomic mass is 127. The number of halogens is 1. The first-order valence-corrected chi connectivity index (χ1v) is 12.0. The van der Waals surface area contributed by atoms with Crippen LogP contribution in [0.15, 0.2) is 29.4 Å². The molecule has 9 heteroatoms. The molecule has 0 aliphatic rings. The summed E-state index contributed by atoms with van der Waals surface area (Å²) in [6, 6.07) is 6.54. The fraction of sp³-hybridized carbons (Fsp3) is 0.500. The Labute approximate surface area is 206 Å². The number of aromatic nitrogens is 4. The van der Waals surface area contributed by atoms with Gasteiger partial charge in [0.25, 0.3) is 0 Å². The maximum Gasteiger partial charge on any atom is 0.191 e. The van der Waals surface area contributed by atoms with Crippen molar-refractivity contribution in [2.24, 2.45) is 12.0 Å². The van der Waals surface area contributed by atoms with E-state index in [-0.39, 0.29) is 24.0 Å². The van der Waals surface area contributed by atoms with Gasteiger partial charge in [0.2, 0.25) is 0 Å². The number of aromatic amines is 1. The monoisotopic (exact) mass is 555 g/mol. The Morgan fingerprint density at radius 1 is 1.19 bits per heavy atom. The highest BCUT2D eigenvalue weighted by Gasteiger charge is 2.08. The van der Waals surface area contributed by atoms with E-state index in [2.05, 4.69) is 63.4 Å². The molecule has 170 valence electrons. The number of hydrogen-bond donors (Lipinski definition) is 3. The smallest absolute Gasteiger partial charge is 0.191 e. The van der Waals surface area contributed by atoms with E-state index < -0.39 is 0 Å². The van der Waals surface area contributed by atoms with Crippen molar-refractivity contribution in [2.75, 3.05) is 25.1 Å². The molecule has 0 bridgehead atoms. The molecule has 3 rings (SSSR count). The van der Waals surface area contributed by atoms with Gasteiger partial charge in [-0.1, -0.05) is 25.1 Å². The summed E-state index contributed by atoms with van der Waals surface area (Å²) in [5.74, 6) is 3.72. The first kappa shape index (κ1) is 25.5. The van der Waals surface area contributed by atoms with E-state index in [1.807, 2.05) is 30.3 Å². The highest BCUT2D eigenvalue weighted by molar-refractivity contribution is 14.0. The summed E-state index contributed by atoms with van der Waals surface area (Å²) in [4.78, 5) is 8.19. The lowest BCUT2D eigenvalue weighted by molar-refractivity contribution is 0.743. The summed E-state index contributed by atoms with van der Waals surface area (Å²) >= 11 is 1.86. The third kappa shape index (κ3) is 6.86. The minimum absolute atomic E-state index is 0. The van der Waals surface area contributed by atoms with Crippen molar-refractivity contribution in [3.05, 3.63) is 47.2 Å². The number of thioether (sulfide) groups is 1. The van der Waals surface area contributed by atoms with Gasteiger partial charge in [-0.05, 0) is 49.3 Å². The molecule has 0 saturated carbocycles. The molecule has 0 radical (unpaired) electrons. The lowest BCUT2D eigenvalue weighted by Crippen LogP contribution is -2.39. The van der Waals surface area contributed by atoms with Gasteiger partial charge in [0.05, 0.1) is 0 Å². The second-order valence-corrected chi connectivity index (χ2v) is 8.33. The van der Waals surface area contributed by atoms with E-state index in [1.165, 1.54) is 22.0 Å². The van der Waals surface area contributed by atoms with Gasteiger partial charge in [-0.3, -0.25) is 0 Å². The molecule has 1 aromatic carbocycles. The number of rotatable bonds is 10. The summed E-state index contributed by atoms with van der Waals surface area (Å²) in [5.41, 5.74) is 3.96. The van der Waals surface area contributed by atoms with Gasteiger partial charge >= 0.3 is 0 Å². The molecule has 0 spiro atoms. The molecule has 0 aliphatic carbocycles. The Hall–Kier alpha value is -1.75. The van der Waals surface area contributed by atoms with Crippen LogP contribution in [-0.4, -0.2) is 50.8 Å². The Morgan fingerprint density at radius 2 is 2.00 bits per heavy atom. The Morgan fingerprint density at radius 3 is 2.71 bits per heavy atom. The van der Waals surface area contributed by atoms with Crippen LogP contribution in [0, 0.1) is 6.92 Å². The van der Waals surface area contributed by atoms with Gasteiger partial charge in [0, 0.05) is 37.2 Å². The zero-order valence-corrected chi connectivity index (χ0v) is 22.0. The van der Waals surface area contributed by atoms with E-state index in [4.69, 9.17) is 4.99 Å². The molecule has 0 aliphatic heterocycles. The van der Waals surface area contributed by atoms with Crippen LogP contribution in [0.2, 0.25) is 0 Å². The van der Waals surface area contributed by atoms with Crippen molar-refractivity contribution >= 4 is 52.6 Å². The van der Waals surface area contributed by atoms with Gasteiger partial charge < -0.3 is 20.2 Å². The van der Waals surface area contributed by atoms with Crippen LogP contribution in [0.3, 0.4) is 0 Å². The van der Waals surface area contributed by atoms with E-state index in [9.17, 15) is 0 Å². The number of guanidine groups is 1. The minimum atomic E-state index is 0. The van der Waals surface area contributed by atoms with Crippen LogP contribution in [0.25, 0.3) is 10.9 Å². The number of H-pyrrole nitrogens is 1. The molecule has 7 nitrogen and oxygen atoms in total. The molecule has 0 unspecified atom stereocenters. The highest BCUT2D eigenvalue weighted by Crippen LogP contribution is 2.22. The quantitative estimate of drug-likeness (QED) is 0.153. The van der Waals surface area contributed by atoms with Crippen molar-refractivity contribution in [2.45, 2.75) is 39.7 Å². The van der Waals surface area contributed by atoms with Crippen molar-refractivity contribution < 1.29 is 0 Å². The van der Waals surface area contributed by atoms with E-state index in [0.29, 0.717) is 6.54 Å². The van der Waals surface area contributed by atoms with Gasteiger partial charge in [-0.25, -0.2) is 4.99 Å². The fourth-order valence-corrected chi connectivity index (χ4v) is 3.86. The largest absolute Gasteiger partial charge is 0.361 e. The van der Waals surface area contributed by atoms with Crippen LogP contribution < -0.4 is 10.6 Å². The van der Waals surface area contributed by atoms with Crippen molar-refractivity contribution in [1.82, 2.24) is 30.4 Å². The summed E-state index contributed by atoms with van der Waals surface area (Å²) in [6.07, 6.45) is 7.34. The van der Waals surface area contributed by atoms with Gasteiger partial charge in [0.15, 0.2) is 11.8 Å². The molecule has 0 atom stereocenters. The predicted molar refractivity (Wildman–Crippen MR) is 143 cm³/mol. The number of fused-ring (bicyclic) bond motifs is 1. The first-order valence-electron chi connectivity index (χ1n) is 10.6. The molecular formula is C22H34IN7S. The Balaban J connectivity index is 0.00000341. The van der Waals surface area contributed by atoms with Crippen LogP contribution in [-0.2, 0) is 26.4 Å². The van der Waals surface area contributed by atoms with Crippen LogP contribution in [0.5, 0.6) is 0 Å². The molecule has 3 N–H and O–H groups in total. The van der Waals surface area contributed by atoms with Gasteiger partial charge in [0.1, 0.15) is 12.4 Å². The van der Waals surface area contributed by atoms with Crippen LogP contribution in [0.4, 0.5) is 0 Å². The number of para-hydroxylation sites is 1. The average molecular weight is 556 g/mol. The van der Waals surface area contributed by atoms with E-state index in [0.717, 1.165) is 55.7 Å². The minimum Gasteiger partial charge on any atom is -0.361 e. The standard InChI is InChI=1S/C22H33N7S.HI/c1-5-17-8-6-9-19-18(14-25-21(17)19)10-12-24-22(23-11-7-13-30-4)26-15-20-28-27-16(2)29(20)3;/h6,8-9,14,25H,5,7,10-13,15H2,1-4H3,(H2,23,24,26);1H. The maximum atomic E-state index is 4.73. The predicted octanol–water partition coefficient (Wildman–Crippen LogP) is 3.82. The van der Waals surface area contributed by atoms with Gasteiger partial charge in [-0.15, -0.1) is 34.2 Å². The summed E-state index contributed by atoms with van der Waals surface area (Å²) in [6.45, 7) is 6.36. The van der Waals surface area contributed by atoms with Crippen molar-refractivity contribution in [3.8, 4) is 0 Å². The topological polar surface area (TPSA) is 82.9 Å². The number of aryl methyl sites for hydroxylation is 2. The Bertz CT molecular complexity index is 980. The number of benzene rings is 1. The zero-order chi connectivity index (χ0) is 21.3. The second kappa shape index (κ2) is 12.9. The summed E-state index contributed by atoms with van der Waals surface area (Å²) in [5, 5.41) is 16.6. The number of hydrogen-bond acceptors (Lipinski definition) is 4. The SMILES string of the molecule is CCc1cccc2c(CCNC(=NCc3nnc(C)n3C)NCCCSC)c[nH]c12.I. The molecule has 0 fully saturated rings. The van der Waals surface area contributed by atoms with E-state index >= 15 is 0 Å². The number of nitrogens with one attached hydrogen (secondary N) is 3. The zero-order valence-electron chi connectivity index (χ0n) is 18.9. The molecule has 0 saturated heterocycles. The lowest BCUT2D eigenvalue weighted by atomic mass is 10.1. The number of aliphatic imine (C=N–C) groups is 1. The Kier molecular flexibility index (Phi) is 10.7. The maximum absolute atomic E-state index is 4.73. The average Bonchev–Trinajstić information content (AvgIpc) is 3.32. The molecule has 2 aromatic heterocycles. The normalized spacial score (nSPS) is 11.5. The third-order valence-corrected chi connectivity index (χ3v) is 6.03. The first-order chi connectivity index (χ1) is 14.6. The number of nitrogens with zero attached hydrogens (tertiary/aromatic N) is 4. The fourth-order valence-electron chi connectivity index (χ4n) is 3.43. The molecule has 0 amide bonds. The van der Waals surface area contributed by atoms with Crippen molar-refractivity contribution in [1.29, 1.82) is 0 Å². The van der Waals surface area contributed by atoms with Crippen molar-refractivity contribution in [3.63, 3.8) is 0 Å². The molecular weight excluding hydrogens is 521 g/mol. The van der Waals surface area contributed by atoms with E-state index in [1.54, 1.807) is 0 Å².